The monoisotopic (exact) mass is 384 g/mol. The molecule has 0 saturated carbocycles. The minimum absolute atomic E-state index is 0.130. The van der Waals surface area contributed by atoms with Crippen LogP contribution in [0.1, 0.15) is 47.3 Å². The number of carbonyl (C=O) groups excluding carboxylic acids is 1. The van der Waals surface area contributed by atoms with E-state index in [4.69, 9.17) is 0 Å². The van der Waals surface area contributed by atoms with E-state index in [9.17, 15) is 9.59 Å². The van der Waals surface area contributed by atoms with Gasteiger partial charge >= 0.3 is 0 Å². The van der Waals surface area contributed by atoms with Crippen molar-refractivity contribution >= 4 is 34.1 Å². The fraction of sp³-hybridized carbons (Fsp3) is 0.350. The second-order valence-corrected chi connectivity index (χ2v) is 7.38. The molecule has 0 radical (unpaired) electrons. The van der Waals surface area contributed by atoms with Gasteiger partial charge in [0.15, 0.2) is 0 Å². The first-order valence-corrected chi connectivity index (χ1v) is 10.1. The zero-order valence-corrected chi connectivity index (χ0v) is 16.7. The molecule has 0 aliphatic rings. The lowest BCUT2D eigenvalue weighted by Crippen LogP contribution is -2.34. The van der Waals surface area contributed by atoms with Gasteiger partial charge in [-0.05, 0) is 43.5 Å². The Labute approximate surface area is 162 Å². The molecule has 0 saturated heterocycles. The molecule has 2 aromatic heterocycles. The van der Waals surface area contributed by atoms with Crippen molar-refractivity contribution in [3.05, 3.63) is 56.0 Å². The Kier molecular flexibility index (Phi) is 5.91. The number of thiophene rings is 1. The van der Waals surface area contributed by atoms with Gasteiger partial charge in [-0.2, -0.15) is 0 Å². The fourth-order valence-electron chi connectivity index (χ4n) is 3.05. The molecule has 0 fully saturated rings. The molecule has 0 spiro atoms. The molecule has 27 heavy (non-hydrogen) atoms. The summed E-state index contributed by atoms with van der Waals surface area (Å²) in [5, 5.41) is 0.561. The number of hydrogen-bond donors (Lipinski definition) is 2. The van der Waals surface area contributed by atoms with Gasteiger partial charge in [0.1, 0.15) is 0 Å². The number of amides is 1. The van der Waals surface area contributed by atoms with E-state index in [1.54, 1.807) is 12.1 Å². The smallest absolute Gasteiger partial charge is 0.277 e. The van der Waals surface area contributed by atoms with Gasteiger partial charge < -0.3 is 0 Å². The number of fused-ring (bicyclic) bond motifs is 1. The van der Waals surface area contributed by atoms with E-state index in [-0.39, 0.29) is 11.5 Å². The van der Waals surface area contributed by atoms with Crippen molar-refractivity contribution in [3.63, 3.8) is 0 Å². The average Bonchev–Trinajstić information content (AvgIpc) is 3.09. The molecule has 0 aliphatic heterocycles. The molecule has 2 heterocycles. The lowest BCUT2D eigenvalue weighted by atomic mass is 10.1. The van der Waals surface area contributed by atoms with E-state index in [2.05, 4.69) is 29.7 Å². The number of para-hydroxylation sites is 1. The molecule has 0 aliphatic carbocycles. The molecule has 3 aromatic rings. The topological polar surface area (TPSA) is 76.0 Å². The molecule has 0 unspecified atom stereocenters. The van der Waals surface area contributed by atoms with Gasteiger partial charge in [0.25, 0.3) is 11.5 Å². The van der Waals surface area contributed by atoms with E-state index in [1.807, 2.05) is 25.1 Å². The van der Waals surface area contributed by atoms with Crippen molar-refractivity contribution in [1.82, 2.24) is 15.0 Å². The van der Waals surface area contributed by atoms with Crippen LogP contribution in [0.15, 0.2) is 35.1 Å². The number of hydrazine groups is 1. The van der Waals surface area contributed by atoms with Crippen molar-refractivity contribution in [2.45, 2.75) is 46.6 Å². The van der Waals surface area contributed by atoms with Crippen molar-refractivity contribution in [2.24, 2.45) is 0 Å². The van der Waals surface area contributed by atoms with Gasteiger partial charge in [-0.3, -0.25) is 25.0 Å². The van der Waals surface area contributed by atoms with E-state index in [1.165, 1.54) is 26.3 Å². The maximum absolute atomic E-state index is 12.6. The van der Waals surface area contributed by atoms with Crippen LogP contribution in [-0.2, 0) is 19.4 Å². The molecular weight excluding hydrogens is 360 g/mol. The molecule has 0 bridgehead atoms. The third kappa shape index (κ3) is 3.88. The van der Waals surface area contributed by atoms with Crippen LogP contribution in [0.2, 0.25) is 0 Å². The standard InChI is InChI=1S/C20H24N4O2S/c1-4-9-16-13(5-2)12-17(27-16)18(25)22-23-20-21-15-11-8-7-10-14(15)19(26)24(20)6-3/h7-8,10-12H,4-6,9H2,1-3H3,(H,21,23)(H,22,25). The number of anilines is 1. The first-order valence-electron chi connectivity index (χ1n) is 9.26. The third-order valence-electron chi connectivity index (χ3n) is 4.44. The zero-order valence-electron chi connectivity index (χ0n) is 15.8. The number of aromatic nitrogens is 2. The van der Waals surface area contributed by atoms with Crippen LogP contribution >= 0.6 is 11.3 Å². The summed E-state index contributed by atoms with van der Waals surface area (Å²) in [6, 6.07) is 9.14. The second kappa shape index (κ2) is 8.35. The highest BCUT2D eigenvalue weighted by atomic mass is 32.1. The van der Waals surface area contributed by atoms with Crippen LogP contribution in [0.25, 0.3) is 10.9 Å². The van der Waals surface area contributed by atoms with Crippen LogP contribution in [0.3, 0.4) is 0 Å². The number of rotatable bonds is 7. The van der Waals surface area contributed by atoms with Gasteiger partial charge in [0, 0.05) is 11.4 Å². The quantitative estimate of drug-likeness (QED) is 0.608. The Bertz CT molecular complexity index is 1020. The van der Waals surface area contributed by atoms with E-state index in [0.717, 1.165) is 19.3 Å². The summed E-state index contributed by atoms with van der Waals surface area (Å²) in [5.41, 5.74) is 7.21. The Morgan fingerprint density at radius 2 is 2.00 bits per heavy atom. The Morgan fingerprint density at radius 3 is 2.70 bits per heavy atom. The van der Waals surface area contributed by atoms with E-state index < -0.39 is 0 Å². The SMILES string of the molecule is CCCc1sc(C(=O)NNc2nc3ccccc3c(=O)n2CC)cc1CC. The molecule has 1 amide bonds. The Hall–Kier alpha value is -2.67. The number of nitrogens with one attached hydrogen (secondary N) is 2. The number of hydrogen-bond acceptors (Lipinski definition) is 5. The lowest BCUT2D eigenvalue weighted by molar-refractivity contribution is 0.0966. The highest BCUT2D eigenvalue weighted by Crippen LogP contribution is 2.24. The maximum Gasteiger partial charge on any atom is 0.279 e. The second-order valence-electron chi connectivity index (χ2n) is 6.24. The average molecular weight is 385 g/mol. The molecule has 0 atom stereocenters. The first-order chi connectivity index (χ1) is 13.1. The molecule has 2 N–H and O–H groups in total. The Balaban J connectivity index is 1.84. The van der Waals surface area contributed by atoms with Crippen molar-refractivity contribution in [3.8, 4) is 0 Å². The summed E-state index contributed by atoms with van der Waals surface area (Å²) in [5.74, 6) is 0.109. The van der Waals surface area contributed by atoms with Crippen LogP contribution in [0, 0.1) is 0 Å². The highest BCUT2D eigenvalue weighted by Gasteiger charge is 2.15. The van der Waals surface area contributed by atoms with Gasteiger partial charge in [-0.25, -0.2) is 4.98 Å². The van der Waals surface area contributed by atoms with Crippen LogP contribution in [0.4, 0.5) is 5.95 Å². The normalized spacial score (nSPS) is 10.9. The van der Waals surface area contributed by atoms with E-state index in [0.29, 0.717) is 28.3 Å². The van der Waals surface area contributed by atoms with Gasteiger partial charge in [-0.15, -0.1) is 11.3 Å². The first kappa shape index (κ1) is 19.1. The van der Waals surface area contributed by atoms with Gasteiger partial charge in [-0.1, -0.05) is 32.4 Å². The summed E-state index contributed by atoms with van der Waals surface area (Å²) in [6.07, 6.45) is 2.95. The minimum atomic E-state index is -0.220. The lowest BCUT2D eigenvalue weighted by Gasteiger charge is -2.13. The molecular formula is C20H24N4O2S. The molecule has 1 aromatic carbocycles. The third-order valence-corrected chi connectivity index (χ3v) is 5.68. The van der Waals surface area contributed by atoms with Crippen molar-refractivity contribution in [2.75, 3.05) is 5.43 Å². The number of aryl methyl sites for hydroxylation is 2. The van der Waals surface area contributed by atoms with Crippen LogP contribution in [0.5, 0.6) is 0 Å². The van der Waals surface area contributed by atoms with Crippen LogP contribution in [-0.4, -0.2) is 15.5 Å². The predicted octanol–water partition coefficient (Wildman–Crippen LogP) is 3.75. The molecule has 142 valence electrons. The predicted molar refractivity (Wildman–Crippen MR) is 110 cm³/mol. The van der Waals surface area contributed by atoms with Crippen molar-refractivity contribution < 1.29 is 4.79 Å². The van der Waals surface area contributed by atoms with Gasteiger partial charge in [0.05, 0.1) is 15.8 Å². The summed E-state index contributed by atoms with van der Waals surface area (Å²) in [7, 11) is 0. The highest BCUT2D eigenvalue weighted by molar-refractivity contribution is 7.14. The summed E-state index contributed by atoms with van der Waals surface area (Å²) < 4.78 is 1.51. The van der Waals surface area contributed by atoms with Gasteiger partial charge in [0.2, 0.25) is 5.95 Å². The molecule has 6 nitrogen and oxygen atoms in total. The minimum Gasteiger partial charge on any atom is -0.277 e. The molecule has 7 heteroatoms. The zero-order chi connectivity index (χ0) is 19.4. The summed E-state index contributed by atoms with van der Waals surface area (Å²) in [6.45, 7) is 6.55. The summed E-state index contributed by atoms with van der Waals surface area (Å²) in [4.78, 5) is 31.6. The molecule has 3 rings (SSSR count). The summed E-state index contributed by atoms with van der Waals surface area (Å²) >= 11 is 1.53. The van der Waals surface area contributed by atoms with Crippen molar-refractivity contribution in [1.29, 1.82) is 0 Å². The maximum atomic E-state index is 12.6. The number of benzene rings is 1. The Morgan fingerprint density at radius 1 is 1.22 bits per heavy atom. The number of nitrogens with zero attached hydrogens (tertiary/aromatic N) is 2. The number of carbonyl (C=O) groups is 1. The fourth-order valence-corrected chi connectivity index (χ4v) is 4.30. The largest absolute Gasteiger partial charge is 0.279 e. The van der Waals surface area contributed by atoms with Crippen LogP contribution < -0.4 is 16.4 Å². The van der Waals surface area contributed by atoms with E-state index >= 15 is 0 Å².